The number of terminal acetylenes is 1. The van der Waals surface area contributed by atoms with Crippen LogP contribution in [0, 0.1) is 12.3 Å². The average Bonchev–Trinajstić information content (AvgIpc) is 2.16. The first kappa shape index (κ1) is 10.7. The van der Waals surface area contributed by atoms with Gasteiger partial charge in [-0.1, -0.05) is 34.0 Å². The minimum atomic E-state index is 0.616. The molecule has 1 N–H and O–H groups in total. The van der Waals surface area contributed by atoms with E-state index in [1.165, 1.54) is 22.9 Å². The molecule has 0 bridgehead atoms. The van der Waals surface area contributed by atoms with Crippen LogP contribution in [0.3, 0.4) is 0 Å². The van der Waals surface area contributed by atoms with Crippen LogP contribution in [-0.2, 0) is 0 Å². The van der Waals surface area contributed by atoms with Gasteiger partial charge in [0.1, 0.15) is 0 Å². The van der Waals surface area contributed by atoms with Crippen LogP contribution in [0.1, 0.15) is 24.3 Å². The van der Waals surface area contributed by atoms with E-state index in [4.69, 9.17) is 6.42 Å². The average molecular weight is 264 g/mol. The lowest BCUT2D eigenvalue weighted by atomic mass is 9.76. The summed E-state index contributed by atoms with van der Waals surface area (Å²) in [4.78, 5) is 0. The van der Waals surface area contributed by atoms with Crippen LogP contribution < -0.4 is 5.32 Å². The third-order valence-electron chi connectivity index (χ3n) is 2.95. The second-order valence-electron chi connectivity index (χ2n) is 4.01. The van der Waals surface area contributed by atoms with Gasteiger partial charge in [0, 0.05) is 10.5 Å². The van der Waals surface area contributed by atoms with Crippen LogP contribution in [0.25, 0.3) is 0 Å². The molecule has 0 amide bonds. The Bertz CT molecular complexity index is 374. The zero-order valence-electron chi connectivity index (χ0n) is 8.54. The highest BCUT2D eigenvalue weighted by Crippen LogP contribution is 2.37. The summed E-state index contributed by atoms with van der Waals surface area (Å²) in [5.41, 5.74) is 1.43. The second-order valence-corrected chi connectivity index (χ2v) is 4.92. The Labute approximate surface area is 99.4 Å². The molecule has 0 aromatic heterocycles. The largest absolute Gasteiger partial charge is 0.303 e. The molecule has 1 saturated carbocycles. The molecule has 2 heteroatoms. The van der Waals surface area contributed by atoms with E-state index in [2.05, 4.69) is 51.4 Å². The summed E-state index contributed by atoms with van der Waals surface area (Å²) in [6, 6.07) is 9.19. The quantitative estimate of drug-likeness (QED) is 0.828. The topological polar surface area (TPSA) is 12.0 Å². The number of hydrogen-bond donors (Lipinski definition) is 1. The van der Waals surface area contributed by atoms with Crippen molar-refractivity contribution in [3.63, 3.8) is 0 Å². The molecule has 0 spiro atoms. The molecule has 1 nitrogen and oxygen atoms in total. The summed E-state index contributed by atoms with van der Waals surface area (Å²) in [7, 11) is 0. The maximum absolute atomic E-state index is 5.20. The lowest BCUT2D eigenvalue weighted by molar-refractivity contribution is 0.301. The van der Waals surface area contributed by atoms with Crippen molar-refractivity contribution in [2.24, 2.45) is 0 Å². The number of halogens is 1. The Kier molecular flexibility index (Phi) is 3.45. The zero-order chi connectivity index (χ0) is 10.7. The van der Waals surface area contributed by atoms with Crippen molar-refractivity contribution < 1.29 is 0 Å². The summed E-state index contributed by atoms with van der Waals surface area (Å²) in [6.07, 6.45) is 7.62. The summed E-state index contributed by atoms with van der Waals surface area (Å²) in [5, 5.41) is 3.34. The first-order valence-electron chi connectivity index (χ1n) is 5.22. The van der Waals surface area contributed by atoms with E-state index in [-0.39, 0.29) is 0 Å². The fourth-order valence-electron chi connectivity index (χ4n) is 2.02. The number of benzene rings is 1. The fraction of sp³-hybridized carbons (Fsp3) is 0.385. The van der Waals surface area contributed by atoms with Crippen LogP contribution in [0.4, 0.5) is 0 Å². The van der Waals surface area contributed by atoms with E-state index in [9.17, 15) is 0 Å². The van der Waals surface area contributed by atoms with Gasteiger partial charge >= 0.3 is 0 Å². The molecule has 0 radical (unpaired) electrons. The van der Waals surface area contributed by atoms with Crippen molar-refractivity contribution in [2.45, 2.75) is 24.8 Å². The second kappa shape index (κ2) is 4.83. The van der Waals surface area contributed by atoms with Gasteiger partial charge in [-0.15, -0.1) is 6.42 Å². The van der Waals surface area contributed by atoms with Crippen molar-refractivity contribution in [1.29, 1.82) is 0 Å². The van der Waals surface area contributed by atoms with Gasteiger partial charge in [0.25, 0.3) is 0 Å². The Hall–Kier alpha value is -0.780. The molecule has 2 rings (SSSR count). The van der Waals surface area contributed by atoms with Crippen molar-refractivity contribution in [1.82, 2.24) is 5.32 Å². The monoisotopic (exact) mass is 263 g/mol. The minimum Gasteiger partial charge on any atom is -0.303 e. The third kappa shape index (κ3) is 2.62. The van der Waals surface area contributed by atoms with Gasteiger partial charge in [0.2, 0.25) is 0 Å². The van der Waals surface area contributed by atoms with Gasteiger partial charge in [-0.2, -0.15) is 0 Å². The van der Waals surface area contributed by atoms with E-state index in [1.54, 1.807) is 0 Å². The van der Waals surface area contributed by atoms with Crippen molar-refractivity contribution in [3.05, 3.63) is 34.3 Å². The molecule has 0 heterocycles. The SMILES string of the molecule is C#CCNC1CC(c2cccc(Br)c2)C1. The molecular formula is C13H14BrN. The van der Waals surface area contributed by atoms with Crippen LogP contribution in [0.5, 0.6) is 0 Å². The predicted molar refractivity (Wildman–Crippen MR) is 66.7 cm³/mol. The third-order valence-corrected chi connectivity index (χ3v) is 3.44. The summed E-state index contributed by atoms with van der Waals surface area (Å²) >= 11 is 3.50. The molecule has 0 saturated heterocycles. The van der Waals surface area contributed by atoms with Gasteiger partial charge in [-0.3, -0.25) is 0 Å². The van der Waals surface area contributed by atoms with E-state index in [0.717, 1.165) is 0 Å². The van der Waals surface area contributed by atoms with Gasteiger partial charge in [0.15, 0.2) is 0 Å². The molecule has 1 aliphatic carbocycles. The van der Waals surface area contributed by atoms with Crippen LogP contribution >= 0.6 is 15.9 Å². The molecule has 78 valence electrons. The van der Waals surface area contributed by atoms with Gasteiger partial charge in [-0.05, 0) is 36.5 Å². The minimum absolute atomic E-state index is 0.616. The first-order valence-corrected chi connectivity index (χ1v) is 6.01. The Morgan fingerprint density at radius 2 is 2.27 bits per heavy atom. The van der Waals surface area contributed by atoms with E-state index in [1.807, 2.05) is 0 Å². The Balaban J connectivity index is 1.87. The summed E-state index contributed by atoms with van der Waals surface area (Å²) < 4.78 is 1.17. The standard InChI is InChI=1S/C13H14BrN/c1-2-6-15-13-8-11(9-13)10-4-3-5-12(14)7-10/h1,3-5,7,11,13,15H,6,8-9H2. The number of rotatable bonds is 3. The zero-order valence-corrected chi connectivity index (χ0v) is 10.1. The van der Waals surface area contributed by atoms with Crippen molar-refractivity contribution in [3.8, 4) is 12.3 Å². The lowest BCUT2D eigenvalue weighted by Gasteiger charge is -2.36. The normalized spacial score (nSPS) is 24.3. The van der Waals surface area contributed by atoms with Crippen LogP contribution in [-0.4, -0.2) is 12.6 Å². The van der Waals surface area contributed by atoms with Crippen LogP contribution in [0.15, 0.2) is 28.7 Å². The van der Waals surface area contributed by atoms with Crippen LogP contribution in [0.2, 0.25) is 0 Å². The molecule has 15 heavy (non-hydrogen) atoms. The lowest BCUT2D eigenvalue weighted by Crippen LogP contribution is -2.40. The predicted octanol–water partition coefficient (Wildman–Crippen LogP) is 2.92. The van der Waals surface area contributed by atoms with E-state index >= 15 is 0 Å². The Morgan fingerprint density at radius 3 is 2.93 bits per heavy atom. The highest BCUT2D eigenvalue weighted by molar-refractivity contribution is 9.10. The number of nitrogens with one attached hydrogen (secondary N) is 1. The molecular weight excluding hydrogens is 250 g/mol. The van der Waals surface area contributed by atoms with Gasteiger partial charge in [-0.25, -0.2) is 0 Å². The van der Waals surface area contributed by atoms with E-state index in [0.29, 0.717) is 18.5 Å². The number of hydrogen-bond acceptors (Lipinski definition) is 1. The smallest absolute Gasteiger partial charge is 0.0575 e. The maximum atomic E-state index is 5.20. The molecule has 0 aliphatic heterocycles. The first-order chi connectivity index (χ1) is 7.29. The maximum Gasteiger partial charge on any atom is 0.0575 e. The molecule has 1 fully saturated rings. The summed E-state index contributed by atoms with van der Waals surface area (Å²) in [5.74, 6) is 3.32. The fourth-order valence-corrected chi connectivity index (χ4v) is 2.44. The van der Waals surface area contributed by atoms with Crippen molar-refractivity contribution in [2.75, 3.05) is 6.54 Å². The highest BCUT2D eigenvalue weighted by atomic mass is 79.9. The molecule has 1 aliphatic rings. The molecule has 1 aromatic rings. The molecule has 0 atom stereocenters. The Morgan fingerprint density at radius 1 is 1.47 bits per heavy atom. The van der Waals surface area contributed by atoms with Gasteiger partial charge < -0.3 is 5.32 Å². The molecule has 1 aromatic carbocycles. The van der Waals surface area contributed by atoms with E-state index < -0.39 is 0 Å². The van der Waals surface area contributed by atoms with Gasteiger partial charge in [0.05, 0.1) is 6.54 Å². The molecule has 0 unspecified atom stereocenters. The summed E-state index contributed by atoms with van der Waals surface area (Å²) in [6.45, 7) is 0.690. The van der Waals surface area contributed by atoms with Crippen molar-refractivity contribution >= 4 is 15.9 Å². The highest BCUT2D eigenvalue weighted by Gasteiger charge is 2.29.